The number of nitrogens with two attached hydrogens (primary N) is 1. The zero-order valence-electron chi connectivity index (χ0n) is 9.97. The van der Waals surface area contributed by atoms with Crippen LogP contribution in [0.3, 0.4) is 0 Å². The highest BCUT2D eigenvalue weighted by Crippen LogP contribution is 2.06. The maximum Gasteiger partial charge on any atom is 0.225 e. The third-order valence-electron chi connectivity index (χ3n) is 2.01. The number of amides is 1. The van der Waals surface area contributed by atoms with Gasteiger partial charge in [-0.3, -0.25) is 4.79 Å². The average Bonchev–Trinajstić information content (AvgIpc) is 2.15. The maximum absolute atomic E-state index is 11.4. The van der Waals surface area contributed by atoms with Crippen molar-refractivity contribution in [1.29, 1.82) is 0 Å². The molecule has 0 spiro atoms. The number of carbonyl (C=O) groups is 1. The summed E-state index contributed by atoms with van der Waals surface area (Å²) in [7, 11) is 0. The average molecular weight is 280 g/mol. The highest BCUT2D eigenvalue weighted by Gasteiger charge is 2.04. The number of halogens is 2. The molecule has 0 aliphatic carbocycles. The van der Waals surface area contributed by atoms with Crippen molar-refractivity contribution in [2.45, 2.75) is 32.7 Å². The second-order valence-corrected chi connectivity index (χ2v) is 3.78. The molecule has 1 atom stereocenters. The summed E-state index contributed by atoms with van der Waals surface area (Å²) in [4.78, 5) is 15.5. The number of carbonyl (C=O) groups excluding carboxylic acids is 1. The molecule has 1 aromatic rings. The predicted octanol–water partition coefficient (Wildman–Crippen LogP) is 2.30. The summed E-state index contributed by atoms with van der Waals surface area (Å²) in [5.74, 6) is 0.565. The lowest BCUT2D eigenvalue weighted by molar-refractivity contribution is -0.116. The summed E-state index contributed by atoms with van der Waals surface area (Å²) < 4.78 is 0. The molecular weight excluding hydrogens is 261 g/mol. The summed E-state index contributed by atoms with van der Waals surface area (Å²) in [6, 6.07) is 3.78. The van der Waals surface area contributed by atoms with Crippen molar-refractivity contribution < 1.29 is 4.79 Å². The van der Waals surface area contributed by atoms with Gasteiger partial charge in [0, 0.05) is 18.7 Å². The quantitative estimate of drug-likeness (QED) is 0.889. The molecule has 1 unspecified atom stereocenters. The summed E-state index contributed by atoms with van der Waals surface area (Å²) in [5.41, 5.74) is 6.64. The van der Waals surface area contributed by atoms with Crippen LogP contribution in [0.25, 0.3) is 0 Å². The third-order valence-corrected chi connectivity index (χ3v) is 2.01. The molecule has 0 saturated heterocycles. The SMILES string of the molecule is Cc1ccnc(NC(=O)CCC(C)N)c1.Cl.Cl. The zero-order chi connectivity index (χ0) is 11.3. The fourth-order valence-electron chi connectivity index (χ4n) is 1.17. The first-order valence-corrected chi connectivity index (χ1v) is 5.06. The summed E-state index contributed by atoms with van der Waals surface area (Å²) in [5, 5.41) is 2.73. The van der Waals surface area contributed by atoms with Gasteiger partial charge in [0.15, 0.2) is 0 Å². The van der Waals surface area contributed by atoms with Gasteiger partial charge in [0.25, 0.3) is 0 Å². The number of pyridine rings is 1. The van der Waals surface area contributed by atoms with Gasteiger partial charge in [-0.15, -0.1) is 24.8 Å². The van der Waals surface area contributed by atoms with E-state index in [1.54, 1.807) is 6.20 Å². The van der Waals surface area contributed by atoms with Gasteiger partial charge in [-0.2, -0.15) is 0 Å². The van der Waals surface area contributed by atoms with E-state index in [1.165, 1.54) is 0 Å². The number of hydrogen-bond acceptors (Lipinski definition) is 3. The van der Waals surface area contributed by atoms with Gasteiger partial charge in [0.05, 0.1) is 0 Å². The van der Waals surface area contributed by atoms with Crippen LogP contribution in [0, 0.1) is 6.92 Å². The van der Waals surface area contributed by atoms with Crippen molar-refractivity contribution >= 4 is 36.5 Å². The Hall–Kier alpha value is -0.840. The van der Waals surface area contributed by atoms with E-state index in [-0.39, 0.29) is 36.8 Å². The van der Waals surface area contributed by atoms with E-state index in [4.69, 9.17) is 5.73 Å². The minimum absolute atomic E-state index is 0. The van der Waals surface area contributed by atoms with Gasteiger partial charge in [0.1, 0.15) is 5.82 Å². The Kier molecular flexibility index (Phi) is 10.0. The monoisotopic (exact) mass is 279 g/mol. The van der Waals surface area contributed by atoms with Crippen LogP contribution in [0.15, 0.2) is 18.3 Å². The molecule has 1 amide bonds. The lowest BCUT2D eigenvalue weighted by Crippen LogP contribution is -2.19. The van der Waals surface area contributed by atoms with Gasteiger partial charge in [-0.05, 0) is 38.0 Å². The number of nitrogens with zero attached hydrogens (tertiary/aromatic N) is 1. The molecule has 0 saturated carbocycles. The highest BCUT2D eigenvalue weighted by atomic mass is 35.5. The predicted molar refractivity (Wildman–Crippen MR) is 75.0 cm³/mol. The van der Waals surface area contributed by atoms with E-state index in [2.05, 4.69) is 10.3 Å². The molecule has 1 heterocycles. The van der Waals surface area contributed by atoms with Crippen molar-refractivity contribution in [2.75, 3.05) is 5.32 Å². The van der Waals surface area contributed by atoms with Gasteiger partial charge in [-0.1, -0.05) is 0 Å². The lowest BCUT2D eigenvalue weighted by Gasteiger charge is -2.06. The molecule has 1 aromatic heterocycles. The number of aromatic nitrogens is 1. The zero-order valence-corrected chi connectivity index (χ0v) is 11.6. The van der Waals surface area contributed by atoms with E-state index >= 15 is 0 Å². The Balaban J connectivity index is 0. The van der Waals surface area contributed by atoms with Gasteiger partial charge >= 0.3 is 0 Å². The van der Waals surface area contributed by atoms with E-state index in [0.29, 0.717) is 18.7 Å². The Morgan fingerprint density at radius 2 is 2.18 bits per heavy atom. The van der Waals surface area contributed by atoms with Crippen LogP contribution in [0.1, 0.15) is 25.3 Å². The van der Waals surface area contributed by atoms with Crippen LogP contribution in [0.4, 0.5) is 5.82 Å². The molecule has 0 aliphatic rings. The Morgan fingerprint density at radius 3 is 2.71 bits per heavy atom. The Bertz CT molecular complexity index is 345. The molecule has 98 valence electrons. The molecule has 4 nitrogen and oxygen atoms in total. The molecule has 6 heteroatoms. The molecule has 17 heavy (non-hydrogen) atoms. The van der Waals surface area contributed by atoms with E-state index in [9.17, 15) is 4.79 Å². The Morgan fingerprint density at radius 1 is 1.53 bits per heavy atom. The van der Waals surface area contributed by atoms with Gasteiger partial charge in [-0.25, -0.2) is 4.98 Å². The third kappa shape index (κ3) is 7.96. The van der Waals surface area contributed by atoms with Crippen LogP contribution >= 0.6 is 24.8 Å². The van der Waals surface area contributed by atoms with Crippen molar-refractivity contribution in [2.24, 2.45) is 5.73 Å². The second-order valence-electron chi connectivity index (χ2n) is 3.78. The first-order valence-electron chi connectivity index (χ1n) is 5.06. The van der Waals surface area contributed by atoms with Crippen LogP contribution < -0.4 is 11.1 Å². The number of anilines is 1. The van der Waals surface area contributed by atoms with E-state index < -0.39 is 0 Å². The van der Waals surface area contributed by atoms with Crippen LogP contribution in [0.2, 0.25) is 0 Å². The number of rotatable bonds is 4. The molecule has 0 fully saturated rings. The first kappa shape index (κ1) is 18.5. The van der Waals surface area contributed by atoms with Crippen LogP contribution in [-0.2, 0) is 4.79 Å². The van der Waals surface area contributed by atoms with Crippen molar-refractivity contribution in [3.05, 3.63) is 23.9 Å². The molecule has 0 radical (unpaired) electrons. The molecule has 0 aromatic carbocycles. The number of hydrogen-bond donors (Lipinski definition) is 2. The first-order chi connectivity index (χ1) is 7.08. The summed E-state index contributed by atoms with van der Waals surface area (Å²) in [6.45, 7) is 3.84. The highest BCUT2D eigenvalue weighted by molar-refractivity contribution is 5.89. The smallest absolute Gasteiger partial charge is 0.225 e. The van der Waals surface area contributed by atoms with Crippen LogP contribution in [0.5, 0.6) is 0 Å². The molecule has 3 N–H and O–H groups in total. The second kappa shape index (κ2) is 9.22. The normalized spacial score (nSPS) is 10.8. The van der Waals surface area contributed by atoms with Crippen molar-refractivity contribution in [3.8, 4) is 0 Å². The summed E-state index contributed by atoms with van der Waals surface area (Å²) >= 11 is 0. The number of nitrogens with one attached hydrogen (secondary N) is 1. The fourth-order valence-corrected chi connectivity index (χ4v) is 1.17. The molecule has 0 aliphatic heterocycles. The van der Waals surface area contributed by atoms with Crippen LogP contribution in [-0.4, -0.2) is 16.9 Å². The van der Waals surface area contributed by atoms with Crippen molar-refractivity contribution in [3.63, 3.8) is 0 Å². The standard InChI is InChI=1S/C11H17N3O.2ClH/c1-8-5-6-13-10(7-8)14-11(15)4-3-9(2)12;;/h5-7,9H,3-4,12H2,1-2H3,(H,13,14,15);2*1H. The maximum atomic E-state index is 11.4. The largest absolute Gasteiger partial charge is 0.328 e. The number of aryl methyl sites for hydroxylation is 1. The lowest BCUT2D eigenvalue weighted by atomic mass is 10.2. The topological polar surface area (TPSA) is 68.0 Å². The molecular formula is C11H19Cl2N3O. The van der Waals surface area contributed by atoms with Gasteiger partial charge in [0.2, 0.25) is 5.91 Å². The minimum Gasteiger partial charge on any atom is -0.328 e. The Labute approximate surface area is 114 Å². The molecule has 0 bridgehead atoms. The fraction of sp³-hybridized carbons (Fsp3) is 0.455. The van der Waals surface area contributed by atoms with Gasteiger partial charge < -0.3 is 11.1 Å². The van der Waals surface area contributed by atoms with E-state index in [0.717, 1.165) is 5.56 Å². The van der Waals surface area contributed by atoms with Crippen molar-refractivity contribution in [1.82, 2.24) is 4.98 Å². The minimum atomic E-state index is -0.0367. The summed E-state index contributed by atoms with van der Waals surface area (Å²) in [6.07, 6.45) is 2.81. The van der Waals surface area contributed by atoms with E-state index in [1.807, 2.05) is 26.0 Å². The molecule has 1 rings (SSSR count).